The van der Waals surface area contributed by atoms with Crippen molar-refractivity contribution < 1.29 is 9.90 Å². The number of benzene rings is 1. The molecule has 1 aliphatic carbocycles. The van der Waals surface area contributed by atoms with Crippen molar-refractivity contribution in [3.63, 3.8) is 0 Å². The summed E-state index contributed by atoms with van der Waals surface area (Å²) in [6, 6.07) is 6.01. The molecule has 1 aromatic heterocycles. The average Bonchev–Trinajstić information content (AvgIpc) is 2.81. The summed E-state index contributed by atoms with van der Waals surface area (Å²) in [4.78, 5) is 16.1. The Morgan fingerprint density at radius 2 is 2.26 bits per heavy atom. The zero-order valence-electron chi connectivity index (χ0n) is 10.9. The molecular weight excluding hydrogens is 258 g/mol. The molecular formula is C15H15NO2S. The highest BCUT2D eigenvalue weighted by Gasteiger charge is 2.36. The minimum atomic E-state index is -1.11. The highest BCUT2D eigenvalue weighted by molar-refractivity contribution is 7.18. The Morgan fingerprint density at radius 1 is 1.47 bits per heavy atom. The SMILES string of the molecule is Cc1cccc2sc(C3(O)C=CC(=O)C(C)C3)nc12. The molecule has 2 atom stereocenters. The molecule has 0 saturated carbocycles. The van der Waals surface area contributed by atoms with Crippen LogP contribution in [0.25, 0.3) is 10.2 Å². The van der Waals surface area contributed by atoms with Gasteiger partial charge in [0.05, 0.1) is 10.2 Å². The number of hydrogen-bond acceptors (Lipinski definition) is 4. The number of thiazole rings is 1. The van der Waals surface area contributed by atoms with Gasteiger partial charge in [0.2, 0.25) is 0 Å². The zero-order valence-corrected chi connectivity index (χ0v) is 11.7. The molecule has 2 unspecified atom stereocenters. The molecule has 0 fully saturated rings. The number of carbonyl (C=O) groups is 1. The third-order valence-electron chi connectivity index (χ3n) is 3.62. The summed E-state index contributed by atoms with van der Waals surface area (Å²) in [5.74, 6) is -0.0925. The summed E-state index contributed by atoms with van der Waals surface area (Å²) >= 11 is 1.50. The lowest BCUT2D eigenvalue weighted by Crippen LogP contribution is -2.32. The third-order valence-corrected chi connectivity index (χ3v) is 4.80. The minimum absolute atomic E-state index is 0.0713. The molecule has 0 spiro atoms. The van der Waals surface area contributed by atoms with Crippen molar-refractivity contribution in [2.45, 2.75) is 25.9 Å². The number of carbonyl (C=O) groups excluding carboxylic acids is 1. The molecule has 98 valence electrons. The van der Waals surface area contributed by atoms with Crippen LogP contribution in [0.4, 0.5) is 0 Å². The van der Waals surface area contributed by atoms with Gasteiger partial charge in [-0.25, -0.2) is 4.98 Å². The van der Waals surface area contributed by atoms with Crippen LogP contribution in [0, 0.1) is 12.8 Å². The van der Waals surface area contributed by atoms with Crippen LogP contribution in [0.2, 0.25) is 0 Å². The van der Waals surface area contributed by atoms with Gasteiger partial charge in [0.1, 0.15) is 10.6 Å². The Kier molecular flexibility index (Phi) is 2.80. The predicted octanol–water partition coefficient (Wildman–Crippen LogP) is 2.96. The standard InChI is InChI=1S/C15H15NO2S/c1-9-4-3-5-12-13(9)16-14(19-12)15(18)7-6-11(17)10(2)8-15/h3-7,10,18H,8H2,1-2H3. The molecule has 4 heteroatoms. The van der Waals surface area contributed by atoms with Crippen LogP contribution >= 0.6 is 11.3 Å². The number of allylic oxidation sites excluding steroid dienone is 1. The number of ketones is 1. The summed E-state index contributed by atoms with van der Waals surface area (Å²) in [7, 11) is 0. The van der Waals surface area contributed by atoms with Crippen LogP contribution in [0.3, 0.4) is 0 Å². The molecule has 0 amide bonds. The van der Waals surface area contributed by atoms with Gasteiger partial charge in [-0.1, -0.05) is 19.1 Å². The van der Waals surface area contributed by atoms with E-state index in [4.69, 9.17) is 0 Å². The molecule has 1 aromatic carbocycles. The molecule has 3 nitrogen and oxygen atoms in total. The second kappa shape index (κ2) is 4.25. The van der Waals surface area contributed by atoms with Gasteiger partial charge in [-0.3, -0.25) is 4.79 Å². The Balaban J connectivity index is 2.12. The van der Waals surface area contributed by atoms with E-state index in [1.165, 1.54) is 17.4 Å². The van der Waals surface area contributed by atoms with E-state index >= 15 is 0 Å². The van der Waals surface area contributed by atoms with Crippen LogP contribution in [0.5, 0.6) is 0 Å². The van der Waals surface area contributed by atoms with Gasteiger partial charge >= 0.3 is 0 Å². The molecule has 0 bridgehead atoms. The Labute approximate surface area is 115 Å². The van der Waals surface area contributed by atoms with Gasteiger partial charge in [-0.2, -0.15) is 0 Å². The molecule has 19 heavy (non-hydrogen) atoms. The first-order valence-corrected chi connectivity index (χ1v) is 7.13. The van der Waals surface area contributed by atoms with E-state index in [0.717, 1.165) is 15.8 Å². The van der Waals surface area contributed by atoms with Crippen LogP contribution in [0.1, 0.15) is 23.9 Å². The molecule has 0 saturated heterocycles. The number of aromatic nitrogens is 1. The highest BCUT2D eigenvalue weighted by atomic mass is 32.1. The van der Waals surface area contributed by atoms with Gasteiger partial charge < -0.3 is 5.11 Å². The summed E-state index contributed by atoms with van der Waals surface area (Å²) in [5, 5.41) is 11.4. The number of para-hydroxylation sites is 1. The number of aryl methyl sites for hydroxylation is 1. The number of nitrogens with zero attached hydrogens (tertiary/aromatic N) is 1. The second-order valence-electron chi connectivity index (χ2n) is 5.21. The average molecular weight is 273 g/mol. The highest BCUT2D eigenvalue weighted by Crippen LogP contribution is 2.38. The Bertz CT molecular complexity index is 689. The van der Waals surface area contributed by atoms with E-state index in [9.17, 15) is 9.90 Å². The van der Waals surface area contributed by atoms with Crippen molar-refractivity contribution in [1.82, 2.24) is 4.98 Å². The van der Waals surface area contributed by atoms with Crippen molar-refractivity contribution in [1.29, 1.82) is 0 Å². The Morgan fingerprint density at radius 3 is 2.95 bits per heavy atom. The van der Waals surface area contributed by atoms with Gasteiger partial charge in [0.15, 0.2) is 5.78 Å². The molecule has 3 rings (SSSR count). The van der Waals surface area contributed by atoms with E-state index in [1.807, 2.05) is 32.0 Å². The number of rotatable bonds is 1. The van der Waals surface area contributed by atoms with Gasteiger partial charge in [0, 0.05) is 5.92 Å². The van der Waals surface area contributed by atoms with Crippen LogP contribution in [-0.2, 0) is 10.4 Å². The second-order valence-corrected chi connectivity index (χ2v) is 6.24. The van der Waals surface area contributed by atoms with Crippen LogP contribution < -0.4 is 0 Å². The molecule has 0 radical (unpaired) electrons. The molecule has 1 N–H and O–H groups in total. The lowest BCUT2D eigenvalue weighted by atomic mass is 9.84. The molecule has 1 heterocycles. The van der Waals surface area contributed by atoms with Crippen molar-refractivity contribution in [2.75, 3.05) is 0 Å². The first-order valence-electron chi connectivity index (χ1n) is 6.32. The smallest absolute Gasteiger partial charge is 0.158 e. The summed E-state index contributed by atoms with van der Waals surface area (Å²) in [5.41, 5.74) is 0.935. The summed E-state index contributed by atoms with van der Waals surface area (Å²) in [6.07, 6.45) is 3.47. The van der Waals surface area contributed by atoms with Gasteiger partial charge in [0.25, 0.3) is 0 Å². The molecule has 1 aliphatic rings. The third kappa shape index (κ3) is 2.01. The Hall–Kier alpha value is -1.52. The summed E-state index contributed by atoms with van der Waals surface area (Å²) < 4.78 is 1.07. The fourth-order valence-electron chi connectivity index (χ4n) is 2.45. The van der Waals surface area contributed by atoms with Crippen molar-refractivity contribution in [3.8, 4) is 0 Å². The normalized spacial score (nSPS) is 27.1. The van der Waals surface area contributed by atoms with Crippen molar-refractivity contribution in [3.05, 3.63) is 40.9 Å². The lowest BCUT2D eigenvalue weighted by molar-refractivity contribution is -0.120. The van der Waals surface area contributed by atoms with E-state index in [1.54, 1.807) is 6.08 Å². The van der Waals surface area contributed by atoms with Crippen molar-refractivity contribution in [2.24, 2.45) is 5.92 Å². The quantitative estimate of drug-likeness (QED) is 0.869. The monoisotopic (exact) mass is 273 g/mol. The maximum atomic E-state index is 11.5. The fraction of sp³-hybridized carbons (Fsp3) is 0.333. The summed E-state index contributed by atoms with van der Waals surface area (Å²) in [6.45, 7) is 3.86. The first kappa shape index (κ1) is 12.5. The minimum Gasteiger partial charge on any atom is -0.378 e. The molecule has 0 aliphatic heterocycles. The van der Waals surface area contributed by atoms with E-state index in [2.05, 4.69) is 4.98 Å². The topological polar surface area (TPSA) is 50.2 Å². The zero-order chi connectivity index (χ0) is 13.6. The predicted molar refractivity (Wildman–Crippen MR) is 76.2 cm³/mol. The van der Waals surface area contributed by atoms with Crippen LogP contribution in [-0.4, -0.2) is 15.9 Å². The maximum Gasteiger partial charge on any atom is 0.158 e. The lowest BCUT2D eigenvalue weighted by Gasteiger charge is -2.28. The van der Waals surface area contributed by atoms with Gasteiger partial charge in [-0.05, 0) is 37.1 Å². The van der Waals surface area contributed by atoms with E-state index in [0.29, 0.717) is 11.4 Å². The molecule has 2 aromatic rings. The number of hydrogen-bond donors (Lipinski definition) is 1. The largest absolute Gasteiger partial charge is 0.378 e. The van der Waals surface area contributed by atoms with E-state index < -0.39 is 5.60 Å². The number of fused-ring (bicyclic) bond motifs is 1. The number of aliphatic hydroxyl groups is 1. The van der Waals surface area contributed by atoms with Crippen molar-refractivity contribution >= 4 is 27.3 Å². The maximum absolute atomic E-state index is 11.5. The van der Waals surface area contributed by atoms with Gasteiger partial charge in [-0.15, -0.1) is 11.3 Å². The van der Waals surface area contributed by atoms with Crippen LogP contribution in [0.15, 0.2) is 30.4 Å². The fourth-order valence-corrected chi connectivity index (χ4v) is 3.57. The first-order chi connectivity index (χ1) is 8.99. The van der Waals surface area contributed by atoms with E-state index in [-0.39, 0.29) is 11.7 Å².